The van der Waals surface area contributed by atoms with Crippen molar-refractivity contribution in [2.24, 2.45) is 11.3 Å². The molecule has 68 valence electrons. The van der Waals surface area contributed by atoms with Crippen molar-refractivity contribution in [3.63, 3.8) is 0 Å². The Morgan fingerprint density at radius 2 is 1.73 bits per heavy atom. The highest BCUT2D eigenvalue weighted by Gasteiger charge is 2.36. The van der Waals surface area contributed by atoms with E-state index >= 15 is 0 Å². The van der Waals surface area contributed by atoms with Gasteiger partial charge in [-0.3, -0.25) is 0 Å². The van der Waals surface area contributed by atoms with Gasteiger partial charge in [-0.15, -0.1) is 0 Å². The molecular formula is C6H12F3NO. The van der Waals surface area contributed by atoms with Crippen LogP contribution in [0.25, 0.3) is 0 Å². The molecule has 0 spiro atoms. The summed E-state index contributed by atoms with van der Waals surface area (Å²) in [7, 11) is 0. The maximum Gasteiger partial charge on any atom is 0.389 e. The van der Waals surface area contributed by atoms with E-state index in [2.05, 4.69) is 10.7 Å². The fourth-order valence-electron chi connectivity index (χ4n) is 0.819. The summed E-state index contributed by atoms with van der Waals surface area (Å²) < 4.78 is 35.3. The maximum atomic E-state index is 11.8. The molecule has 0 saturated heterocycles. The Morgan fingerprint density at radius 1 is 1.27 bits per heavy atom. The topological polar surface area (TPSA) is 35.2 Å². The Balaban J connectivity index is 3.91. The van der Waals surface area contributed by atoms with Crippen LogP contribution in [0.1, 0.15) is 20.3 Å². The lowest BCUT2D eigenvalue weighted by Gasteiger charge is -2.23. The summed E-state index contributed by atoms with van der Waals surface area (Å²) in [6.07, 6.45) is -5.03. The van der Waals surface area contributed by atoms with Crippen molar-refractivity contribution in [2.75, 3.05) is 6.61 Å². The molecule has 0 radical (unpaired) electrons. The monoisotopic (exact) mass is 171 g/mol. The predicted octanol–water partition coefficient (Wildman–Crippen LogP) is 1.86. The van der Waals surface area contributed by atoms with E-state index in [9.17, 15) is 13.2 Å². The molecule has 0 heterocycles. The summed E-state index contributed by atoms with van der Waals surface area (Å²) in [6.45, 7) is 2.81. The van der Waals surface area contributed by atoms with Gasteiger partial charge in [-0.1, -0.05) is 13.8 Å². The second-order valence-corrected chi connectivity index (χ2v) is 3.27. The summed E-state index contributed by atoms with van der Waals surface area (Å²) in [5.41, 5.74) is -0.938. The van der Waals surface area contributed by atoms with Crippen LogP contribution in [0.15, 0.2) is 0 Å². The van der Waals surface area contributed by atoms with Crippen molar-refractivity contribution in [3.05, 3.63) is 0 Å². The highest BCUT2D eigenvalue weighted by molar-refractivity contribution is 4.71. The van der Waals surface area contributed by atoms with E-state index in [4.69, 9.17) is 0 Å². The van der Waals surface area contributed by atoms with E-state index in [0.717, 1.165) is 0 Å². The Bertz CT molecular complexity index is 121. The zero-order chi connectivity index (χ0) is 9.12. The second kappa shape index (κ2) is 3.40. The third-order valence-electron chi connectivity index (χ3n) is 1.15. The zero-order valence-corrected chi connectivity index (χ0v) is 6.53. The van der Waals surface area contributed by atoms with Gasteiger partial charge in [0.05, 0.1) is 13.0 Å². The molecule has 0 atom stereocenters. The first-order valence-electron chi connectivity index (χ1n) is 3.15. The summed E-state index contributed by atoms with van der Waals surface area (Å²) in [5, 5.41) is 0. The second-order valence-electron chi connectivity index (χ2n) is 3.27. The number of hydrogen-bond acceptors (Lipinski definition) is 2. The van der Waals surface area contributed by atoms with Crippen LogP contribution < -0.4 is 5.90 Å². The van der Waals surface area contributed by atoms with Gasteiger partial charge in [0.2, 0.25) is 0 Å². The van der Waals surface area contributed by atoms with E-state index in [-0.39, 0.29) is 6.61 Å². The van der Waals surface area contributed by atoms with E-state index < -0.39 is 18.0 Å². The zero-order valence-electron chi connectivity index (χ0n) is 6.53. The van der Waals surface area contributed by atoms with Crippen molar-refractivity contribution in [1.82, 2.24) is 0 Å². The summed E-state index contributed by atoms with van der Waals surface area (Å²) in [5.74, 6) is 4.67. The van der Waals surface area contributed by atoms with Gasteiger partial charge in [0.25, 0.3) is 0 Å². The lowest BCUT2D eigenvalue weighted by molar-refractivity contribution is -0.161. The molecule has 0 aliphatic rings. The molecule has 0 amide bonds. The van der Waals surface area contributed by atoms with Crippen LogP contribution >= 0.6 is 0 Å². The maximum absolute atomic E-state index is 11.8. The molecular weight excluding hydrogens is 159 g/mol. The van der Waals surface area contributed by atoms with Gasteiger partial charge in [-0.25, -0.2) is 5.90 Å². The Morgan fingerprint density at radius 3 is 2.00 bits per heavy atom. The molecule has 0 aromatic carbocycles. The van der Waals surface area contributed by atoms with Crippen molar-refractivity contribution in [3.8, 4) is 0 Å². The van der Waals surface area contributed by atoms with Crippen LogP contribution in [-0.4, -0.2) is 12.8 Å². The smallest absolute Gasteiger partial charge is 0.304 e. The molecule has 0 aliphatic carbocycles. The van der Waals surface area contributed by atoms with Gasteiger partial charge in [0.15, 0.2) is 0 Å². The average Bonchev–Trinajstić information content (AvgIpc) is 1.55. The highest BCUT2D eigenvalue weighted by Crippen LogP contribution is 2.32. The molecule has 2 nitrogen and oxygen atoms in total. The minimum atomic E-state index is -4.15. The van der Waals surface area contributed by atoms with E-state index in [0.29, 0.717) is 0 Å². The quantitative estimate of drug-likeness (QED) is 0.658. The highest BCUT2D eigenvalue weighted by atomic mass is 19.4. The number of hydrogen-bond donors (Lipinski definition) is 1. The van der Waals surface area contributed by atoms with Crippen molar-refractivity contribution in [2.45, 2.75) is 26.4 Å². The van der Waals surface area contributed by atoms with E-state index in [1.165, 1.54) is 13.8 Å². The van der Waals surface area contributed by atoms with Gasteiger partial charge >= 0.3 is 6.18 Å². The first-order valence-corrected chi connectivity index (χ1v) is 3.15. The van der Waals surface area contributed by atoms with Gasteiger partial charge in [-0.05, 0) is 5.41 Å². The third kappa shape index (κ3) is 6.12. The molecule has 0 bridgehead atoms. The van der Waals surface area contributed by atoms with Crippen LogP contribution in [0.2, 0.25) is 0 Å². The van der Waals surface area contributed by atoms with Crippen LogP contribution in [0.3, 0.4) is 0 Å². The number of nitrogens with two attached hydrogens (primary N) is 1. The van der Waals surface area contributed by atoms with Crippen LogP contribution in [-0.2, 0) is 4.84 Å². The van der Waals surface area contributed by atoms with Crippen LogP contribution in [0, 0.1) is 5.41 Å². The molecule has 0 rings (SSSR count). The van der Waals surface area contributed by atoms with Gasteiger partial charge < -0.3 is 4.84 Å². The van der Waals surface area contributed by atoms with Crippen molar-refractivity contribution in [1.29, 1.82) is 0 Å². The molecule has 0 unspecified atom stereocenters. The van der Waals surface area contributed by atoms with Crippen LogP contribution in [0.4, 0.5) is 13.2 Å². The summed E-state index contributed by atoms with van der Waals surface area (Å²) in [6, 6.07) is 0. The Labute approximate surface area is 63.5 Å². The minimum Gasteiger partial charge on any atom is -0.304 e. The fraction of sp³-hybridized carbons (Fsp3) is 1.00. The van der Waals surface area contributed by atoms with E-state index in [1.54, 1.807) is 0 Å². The molecule has 0 saturated carbocycles. The molecule has 0 aliphatic heterocycles. The van der Waals surface area contributed by atoms with Gasteiger partial charge in [-0.2, -0.15) is 13.2 Å². The lowest BCUT2D eigenvalue weighted by atomic mass is 9.90. The Kier molecular flexibility index (Phi) is 3.31. The van der Waals surface area contributed by atoms with E-state index in [1.807, 2.05) is 0 Å². The fourth-order valence-corrected chi connectivity index (χ4v) is 0.819. The standard InChI is InChI=1S/C6H12F3NO/c1-5(2,4-11-10)3-6(7,8)9/h3-4,10H2,1-2H3. The van der Waals surface area contributed by atoms with Gasteiger partial charge in [0, 0.05) is 0 Å². The normalized spacial score (nSPS) is 13.6. The molecule has 5 heteroatoms. The van der Waals surface area contributed by atoms with Crippen molar-refractivity contribution < 1.29 is 18.0 Å². The predicted molar refractivity (Wildman–Crippen MR) is 34.6 cm³/mol. The van der Waals surface area contributed by atoms with Gasteiger partial charge in [0.1, 0.15) is 0 Å². The molecule has 0 aromatic heterocycles. The van der Waals surface area contributed by atoms with Crippen LogP contribution in [0.5, 0.6) is 0 Å². The molecule has 0 fully saturated rings. The number of rotatable bonds is 3. The Hall–Kier alpha value is -0.290. The average molecular weight is 171 g/mol. The largest absolute Gasteiger partial charge is 0.389 e. The number of halogens is 3. The summed E-state index contributed by atoms with van der Waals surface area (Å²) in [4.78, 5) is 4.15. The molecule has 0 aromatic rings. The summed E-state index contributed by atoms with van der Waals surface area (Å²) >= 11 is 0. The third-order valence-corrected chi connectivity index (χ3v) is 1.15. The first kappa shape index (κ1) is 10.7. The minimum absolute atomic E-state index is 0.0908. The molecule has 11 heavy (non-hydrogen) atoms. The number of alkyl halides is 3. The lowest BCUT2D eigenvalue weighted by Crippen LogP contribution is -2.28. The first-order chi connectivity index (χ1) is 4.77. The van der Waals surface area contributed by atoms with Crippen molar-refractivity contribution >= 4 is 0 Å². The SMILES string of the molecule is CC(C)(CON)CC(F)(F)F. The molecule has 2 N–H and O–H groups in total.